The summed E-state index contributed by atoms with van der Waals surface area (Å²) >= 11 is 0. The summed E-state index contributed by atoms with van der Waals surface area (Å²) in [6.45, 7) is 4.96. The molecular formula is C29H36N4O5. The fourth-order valence-corrected chi connectivity index (χ4v) is 4.99. The molecule has 0 radical (unpaired) electrons. The summed E-state index contributed by atoms with van der Waals surface area (Å²) in [5.41, 5.74) is 1.70. The molecule has 1 unspecified atom stereocenters. The van der Waals surface area contributed by atoms with Gasteiger partial charge in [-0.15, -0.1) is 0 Å². The average molecular weight is 521 g/mol. The van der Waals surface area contributed by atoms with Crippen molar-refractivity contribution in [3.05, 3.63) is 60.2 Å². The Balaban J connectivity index is 1.27. The standard InChI is InChI=1S/C29H36N4O5/c1-2-38-18-8-15-30-28(36)24-11-6-7-12-25(24)31-27(35)21-13-16-32(17-14-21)29(37)22-19-26(34)33(20-22)23-9-4-3-5-10-23/h3-7,9-12,21-22H,2,8,13-20H2,1H3,(H,30,36)(H,31,35). The van der Waals surface area contributed by atoms with Crippen LogP contribution in [0.1, 0.15) is 43.0 Å². The van der Waals surface area contributed by atoms with Crippen molar-refractivity contribution in [2.75, 3.05) is 49.6 Å². The number of para-hydroxylation sites is 2. The summed E-state index contributed by atoms with van der Waals surface area (Å²) in [6.07, 6.45) is 1.99. The minimum absolute atomic E-state index is 0.0259. The van der Waals surface area contributed by atoms with Crippen LogP contribution in [-0.2, 0) is 19.1 Å². The third-order valence-electron chi connectivity index (χ3n) is 7.10. The van der Waals surface area contributed by atoms with Gasteiger partial charge in [0.15, 0.2) is 0 Å². The van der Waals surface area contributed by atoms with Crippen LogP contribution in [0.15, 0.2) is 54.6 Å². The van der Waals surface area contributed by atoms with E-state index >= 15 is 0 Å². The van der Waals surface area contributed by atoms with Crippen molar-refractivity contribution >= 4 is 35.0 Å². The highest BCUT2D eigenvalue weighted by atomic mass is 16.5. The predicted molar refractivity (Wildman–Crippen MR) is 145 cm³/mol. The number of ether oxygens (including phenoxy) is 1. The van der Waals surface area contributed by atoms with Gasteiger partial charge in [-0.2, -0.15) is 0 Å². The summed E-state index contributed by atoms with van der Waals surface area (Å²) in [6, 6.07) is 16.4. The minimum Gasteiger partial charge on any atom is -0.382 e. The van der Waals surface area contributed by atoms with E-state index in [0.29, 0.717) is 69.9 Å². The highest BCUT2D eigenvalue weighted by Crippen LogP contribution is 2.28. The molecule has 2 aromatic rings. The van der Waals surface area contributed by atoms with Crippen molar-refractivity contribution < 1.29 is 23.9 Å². The number of rotatable bonds is 10. The summed E-state index contributed by atoms with van der Waals surface area (Å²) in [5.74, 6) is -1.09. The van der Waals surface area contributed by atoms with E-state index in [1.54, 1.807) is 34.1 Å². The van der Waals surface area contributed by atoms with Gasteiger partial charge in [0.25, 0.3) is 5.91 Å². The van der Waals surface area contributed by atoms with Crippen molar-refractivity contribution in [2.45, 2.75) is 32.6 Å². The number of anilines is 2. The molecule has 2 heterocycles. The SMILES string of the molecule is CCOCCCNC(=O)c1ccccc1NC(=O)C1CCN(C(=O)C2CC(=O)N(c3ccccc3)C2)CC1. The van der Waals surface area contributed by atoms with Gasteiger partial charge in [-0.25, -0.2) is 0 Å². The first-order chi connectivity index (χ1) is 18.5. The van der Waals surface area contributed by atoms with Crippen LogP contribution in [0.4, 0.5) is 11.4 Å². The lowest BCUT2D eigenvalue weighted by molar-refractivity contribution is -0.138. The topological polar surface area (TPSA) is 108 Å². The fraction of sp³-hybridized carbons (Fsp3) is 0.448. The van der Waals surface area contributed by atoms with Gasteiger partial charge in [0, 0.05) is 57.4 Å². The van der Waals surface area contributed by atoms with Gasteiger partial charge in [-0.05, 0) is 50.5 Å². The van der Waals surface area contributed by atoms with Gasteiger partial charge in [0.2, 0.25) is 17.7 Å². The zero-order valence-electron chi connectivity index (χ0n) is 21.9. The molecule has 4 rings (SSSR count). The highest BCUT2D eigenvalue weighted by Gasteiger charge is 2.38. The molecule has 1 atom stereocenters. The third-order valence-corrected chi connectivity index (χ3v) is 7.10. The molecule has 2 fully saturated rings. The number of carbonyl (C=O) groups excluding carboxylic acids is 4. The largest absolute Gasteiger partial charge is 0.382 e. The Morgan fingerprint density at radius 3 is 2.42 bits per heavy atom. The first-order valence-electron chi connectivity index (χ1n) is 13.4. The van der Waals surface area contributed by atoms with E-state index in [4.69, 9.17) is 4.74 Å². The number of hydrogen-bond donors (Lipinski definition) is 2. The van der Waals surface area contributed by atoms with E-state index < -0.39 is 0 Å². The molecule has 4 amide bonds. The van der Waals surface area contributed by atoms with E-state index in [0.717, 1.165) is 5.69 Å². The molecule has 2 aliphatic heterocycles. The monoisotopic (exact) mass is 520 g/mol. The van der Waals surface area contributed by atoms with E-state index in [2.05, 4.69) is 10.6 Å². The van der Waals surface area contributed by atoms with E-state index in [1.807, 2.05) is 37.3 Å². The first kappa shape index (κ1) is 27.3. The lowest BCUT2D eigenvalue weighted by Gasteiger charge is -2.33. The predicted octanol–water partition coefficient (Wildman–Crippen LogP) is 3.07. The lowest BCUT2D eigenvalue weighted by atomic mass is 9.94. The maximum atomic E-state index is 13.1. The molecule has 0 bridgehead atoms. The van der Waals surface area contributed by atoms with Crippen LogP contribution < -0.4 is 15.5 Å². The zero-order chi connectivity index (χ0) is 26.9. The molecule has 9 nitrogen and oxygen atoms in total. The van der Waals surface area contributed by atoms with Crippen molar-refractivity contribution in [3.63, 3.8) is 0 Å². The van der Waals surface area contributed by atoms with Crippen LogP contribution in [0.5, 0.6) is 0 Å². The van der Waals surface area contributed by atoms with Crippen LogP contribution in [0.2, 0.25) is 0 Å². The third kappa shape index (κ3) is 6.77. The van der Waals surface area contributed by atoms with Crippen LogP contribution in [0.3, 0.4) is 0 Å². The minimum atomic E-state index is -0.369. The maximum Gasteiger partial charge on any atom is 0.253 e. The highest BCUT2D eigenvalue weighted by molar-refractivity contribution is 6.04. The Labute approximate surface area is 223 Å². The molecule has 2 N–H and O–H groups in total. The summed E-state index contributed by atoms with van der Waals surface area (Å²) in [4.78, 5) is 54.8. The molecule has 2 aliphatic rings. The normalized spacial score (nSPS) is 17.9. The molecule has 9 heteroatoms. The van der Waals surface area contributed by atoms with Crippen LogP contribution in [-0.4, -0.2) is 67.9 Å². The van der Waals surface area contributed by atoms with E-state index in [9.17, 15) is 19.2 Å². The zero-order valence-corrected chi connectivity index (χ0v) is 21.9. The smallest absolute Gasteiger partial charge is 0.253 e. The summed E-state index contributed by atoms with van der Waals surface area (Å²) < 4.78 is 5.29. The number of piperidine rings is 1. The van der Waals surface area contributed by atoms with Crippen molar-refractivity contribution in [3.8, 4) is 0 Å². The Morgan fingerprint density at radius 2 is 1.68 bits per heavy atom. The Kier molecular flexibility index (Phi) is 9.48. The van der Waals surface area contributed by atoms with Gasteiger partial charge in [-0.3, -0.25) is 19.2 Å². The number of nitrogens with one attached hydrogen (secondary N) is 2. The quantitative estimate of drug-likeness (QED) is 0.468. The molecule has 0 spiro atoms. The summed E-state index contributed by atoms with van der Waals surface area (Å²) in [5, 5.41) is 5.79. The van der Waals surface area contributed by atoms with Crippen LogP contribution >= 0.6 is 0 Å². The molecular weight excluding hydrogens is 484 g/mol. The molecule has 0 aliphatic carbocycles. The molecule has 2 aromatic carbocycles. The number of carbonyl (C=O) groups is 4. The average Bonchev–Trinajstić information content (AvgIpc) is 3.34. The second kappa shape index (κ2) is 13.2. The first-order valence-corrected chi connectivity index (χ1v) is 13.4. The molecule has 0 saturated carbocycles. The Morgan fingerprint density at radius 1 is 0.974 bits per heavy atom. The second-order valence-corrected chi connectivity index (χ2v) is 9.68. The van der Waals surface area contributed by atoms with Gasteiger partial charge >= 0.3 is 0 Å². The number of likely N-dealkylation sites (tertiary alicyclic amines) is 1. The molecule has 2 saturated heterocycles. The van der Waals surface area contributed by atoms with Crippen molar-refractivity contribution in [1.29, 1.82) is 0 Å². The second-order valence-electron chi connectivity index (χ2n) is 9.68. The van der Waals surface area contributed by atoms with Gasteiger partial charge in [0.05, 0.1) is 17.2 Å². The van der Waals surface area contributed by atoms with Crippen molar-refractivity contribution in [1.82, 2.24) is 10.2 Å². The number of nitrogens with zero attached hydrogens (tertiary/aromatic N) is 2. The van der Waals surface area contributed by atoms with E-state index in [1.165, 1.54) is 0 Å². The van der Waals surface area contributed by atoms with Gasteiger partial charge < -0.3 is 25.2 Å². The number of hydrogen-bond acceptors (Lipinski definition) is 5. The Bertz CT molecular complexity index is 1130. The van der Waals surface area contributed by atoms with E-state index in [-0.39, 0.29) is 41.9 Å². The number of benzene rings is 2. The lowest BCUT2D eigenvalue weighted by Crippen LogP contribution is -2.44. The van der Waals surface area contributed by atoms with Crippen LogP contribution in [0.25, 0.3) is 0 Å². The fourth-order valence-electron chi connectivity index (χ4n) is 4.99. The van der Waals surface area contributed by atoms with Gasteiger partial charge in [0.1, 0.15) is 0 Å². The maximum absolute atomic E-state index is 13.1. The van der Waals surface area contributed by atoms with Crippen molar-refractivity contribution in [2.24, 2.45) is 11.8 Å². The molecule has 202 valence electrons. The molecule has 0 aromatic heterocycles. The van der Waals surface area contributed by atoms with Gasteiger partial charge in [-0.1, -0.05) is 30.3 Å². The number of amides is 4. The van der Waals surface area contributed by atoms with Crippen LogP contribution in [0, 0.1) is 11.8 Å². The molecule has 38 heavy (non-hydrogen) atoms. The summed E-state index contributed by atoms with van der Waals surface area (Å²) in [7, 11) is 0. The Hall–Kier alpha value is -3.72.